The highest BCUT2D eigenvalue weighted by atomic mass is 32.1. The molecular weight excluding hydrogens is 410 g/mol. The summed E-state index contributed by atoms with van der Waals surface area (Å²) in [6.45, 7) is 2.05. The van der Waals surface area contributed by atoms with Crippen molar-refractivity contribution in [3.8, 4) is 16.6 Å². The second-order valence-corrected chi connectivity index (χ2v) is 7.54. The van der Waals surface area contributed by atoms with Gasteiger partial charge in [-0.2, -0.15) is 4.98 Å². The number of aromatic amines is 1. The second-order valence-electron chi connectivity index (χ2n) is 6.53. The summed E-state index contributed by atoms with van der Waals surface area (Å²) in [5.41, 5.74) is -0.0818. The zero-order valence-corrected chi connectivity index (χ0v) is 16.9. The lowest BCUT2D eigenvalue weighted by Gasteiger charge is -2.25. The number of nitrogens with one attached hydrogen (secondary N) is 2. The molecule has 3 aliphatic heterocycles. The molecule has 1 amide bonds. The van der Waals surface area contributed by atoms with Crippen LogP contribution in [0.5, 0.6) is 11.5 Å². The third-order valence-corrected chi connectivity index (χ3v) is 5.50. The molecule has 1 fully saturated rings. The fraction of sp³-hybridized carbons (Fsp3) is 0.263. The molecule has 30 heavy (non-hydrogen) atoms. The summed E-state index contributed by atoms with van der Waals surface area (Å²) in [5, 5.41) is 21.4. The first-order valence-corrected chi connectivity index (χ1v) is 9.91. The Morgan fingerprint density at radius 3 is 2.90 bits per heavy atom. The molecule has 0 radical (unpaired) electrons. The van der Waals surface area contributed by atoms with E-state index in [1.54, 1.807) is 17.0 Å². The van der Waals surface area contributed by atoms with Gasteiger partial charge in [-0.25, -0.2) is 4.68 Å². The zero-order chi connectivity index (χ0) is 21.3. The van der Waals surface area contributed by atoms with Crippen molar-refractivity contribution in [3.05, 3.63) is 49.5 Å². The molecule has 0 bridgehead atoms. The Morgan fingerprint density at radius 2 is 2.17 bits per heavy atom. The highest BCUT2D eigenvalue weighted by molar-refractivity contribution is 7.11. The maximum atomic E-state index is 12.5. The van der Waals surface area contributed by atoms with Gasteiger partial charge in [0, 0.05) is 19.2 Å². The molecule has 156 valence electrons. The van der Waals surface area contributed by atoms with Crippen molar-refractivity contribution >= 4 is 29.4 Å². The molecule has 3 heterocycles. The molecule has 3 aliphatic rings. The Labute approximate surface area is 173 Å². The van der Waals surface area contributed by atoms with Crippen LogP contribution in [0.2, 0.25) is 0 Å². The summed E-state index contributed by atoms with van der Waals surface area (Å²) in [7, 11) is 1.42. The zero-order valence-electron chi connectivity index (χ0n) is 16.0. The van der Waals surface area contributed by atoms with Gasteiger partial charge in [0.2, 0.25) is 11.0 Å². The van der Waals surface area contributed by atoms with Gasteiger partial charge in [-0.15, -0.1) is 0 Å². The topological polar surface area (TPSA) is 134 Å². The number of phenols is 1. The first-order valence-electron chi connectivity index (χ1n) is 9.10. The number of amides is 1. The van der Waals surface area contributed by atoms with Crippen LogP contribution in [-0.4, -0.2) is 64.1 Å². The predicted molar refractivity (Wildman–Crippen MR) is 108 cm³/mol. The van der Waals surface area contributed by atoms with Crippen molar-refractivity contribution in [1.29, 1.82) is 5.41 Å². The molecule has 0 aliphatic carbocycles. The number of aromatic nitrogens is 3. The van der Waals surface area contributed by atoms with Crippen molar-refractivity contribution in [2.75, 3.05) is 33.4 Å². The molecule has 0 unspecified atom stereocenters. The maximum Gasteiger partial charge on any atom is 0.283 e. The van der Waals surface area contributed by atoms with Crippen molar-refractivity contribution in [3.63, 3.8) is 0 Å². The van der Waals surface area contributed by atoms with E-state index in [4.69, 9.17) is 14.9 Å². The van der Waals surface area contributed by atoms with E-state index < -0.39 is 5.56 Å². The number of carbonyl (C=O) groups is 1. The predicted octanol–water partition coefficient (Wildman–Crippen LogP) is -1.28. The van der Waals surface area contributed by atoms with Gasteiger partial charge in [0.1, 0.15) is 4.66 Å². The number of nitrogens with zero attached hydrogens (tertiary/aromatic N) is 3. The molecule has 0 atom stereocenters. The van der Waals surface area contributed by atoms with Crippen LogP contribution in [0.15, 0.2) is 23.0 Å². The Kier molecular flexibility index (Phi) is 5.38. The van der Waals surface area contributed by atoms with Gasteiger partial charge in [-0.05, 0) is 23.8 Å². The Balaban J connectivity index is 1.78. The van der Waals surface area contributed by atoms with Crippen LogP contribution in [0.25, 0.3) is 17.3 Å². The van der Waals surface area contributed by atoms with Crippen LogP contribution in [0.4, 0.5) is 0 Å². The fourth-order valence-corrected chi connectivity index (χ4v) is 3.90. The molecule has 10 nitrogen and oxygen atoms in total. The standard InChI is InChI=1S/C19H19N5O5S/c1-28-14-9-11(2-3-13(14)25)8-12-17(20)24-19(21-18(12)27)30-15(22-24)10-16(26)23-4-6-29-7-5-23/h2-3,8-10,20,22,25H,4-7H2,1H3/b12-8-,15-10+,20-17?. The molecule has 1 saturated heterocycles. The Hall–Kier alpha value is -3.44. The minimum Gasteiger partial charge on any atom is -0.504 e. The molecule has 3 N–H and O–H groups in total. The van der Waals surface area contributed by atoms with E-state index in [0.29, 0.717) is 36.5 Å². The fourth-order valence-electron chi connectivity index (χ4n) is 3.05. The van der Waals surface area contributed by atoms with E-state index in [2.05, 4.69) is 10.1 Å². The maximum absolute atomic E-state index is 12.5. The quantitative estimate of drug-likeness (QED) is 0.475. The summed E-state index contributed by atoms with van der Waals surface area (Å²) < 4.78 is 12.2. The van der Waals surface area contributed by atoms with Gasteiger partial charge in [-0.1, -0.05) is 17.4 Å². The van der Waals surface area contributed by atoms with E-state index in [0.717, 1.165) is 11.3 Å². The van der Waals surface area contributed by atoms with Gasteiger partial charge >= 0.3 is 0 Å². The molecule has 0 aromatic heterocycles. The number of fused-ring (bicyclic) bond motifs is 1. The van der Waals surface area contributed by atoms with Crippen LogP contribution in [0.1, 0.15) is 5.56 Å². The summed E-state index contributed by atoms with van der Waals surface area (Å²) in [6.07, 6.45) is 2.93. The van der Waals surface area contributed by atoms with Crippen molar-refractivity contribution in [2.45, 2.75) is 0 Å². The van der Waals surface area contributed by atoms with E-state index in [-0.39, 0.29) is 33.2 Å². The van der Waals surface area contributed by atoms with Gasteiger partial charge in [0.15, 0.2) is 17.0 Å². The molecule has 11 heteroatoms. The first kappa shape index (κ1) is 19.9. The van der Waals surface area contributed by atoms with Crippen LogP contribution in [-0.2, 0) is 9.53 Å². The lowest BCUT2D eigenvalue weighted by molar-refractivity contribution is -0.128. The van der Waals surface area contributed by atoms with E-state index >= 15 is 0 Å². The number of H-pyrrole nitrogens is 1. The van der Waals surface area contributed by atoms with Gasteiger partial charge < -0.3 is 19.5 Å². The number of aromatic hydroxyl groups is 1. The minimum absolute atomic E-state index is 0.0256. The lowest BCUT2D eigenvalue weighted by Crippen LogP contribution is -2.47. The highest BCUT2D eigenvalue weighted by Crippen LogP contribution is 2.26. The SMILES string of the molecule is COc1cc(/C=c2\c(=O)nc3s/c(=C/C(=O)N4CCOCC4)[nH]n-3c2=N)ccc1O. The van der Waals surface area contributed by atoms with Crippen molar-refractivity contribution in [1.82, 2.24) is 19.7 Å². The molecular formula is C19H19N5O5S. The number of hydrogen-bond donors (Lipinski definition) is 3. The summed E-state index contributed by atoms with van der Waals surface area (Å²) >= 11 is 1.12. The average Bonchev–Trinajstić information content (AvgIpc) is 3.15. The van der Waals surface area contributed by atoms with Crippen LogP contribution in [0.3, 0.4) is 0 Å². The number of rotatable bonds is 3. The second kappa shape index (κ2) is 8.13. The lowest BCUT2D eigenvalue weighted by atomic mass is 10.1. The number of hydrogen-bond acceptors (Lipinski definition) is 8. The van der Waals surface area contributed by atoms with E-state index in [9.17, 15) is 14.7 Å². The van der Waals surface area contributed by atoms with E-state index in [1.165, 1.54) is 30.0 Å². The largest absolute Gasteiger partial charge is 0.504 e. The number of carbonyl (C=O) groups excluding carboxylic acids is 1. The Morgan fingerprint density at radius 1 is 1.40 bits per heavy atom. The summed E-state index contributed by atoms with van der Waals surface area (Å²) in [6, 6.07) is 4.60. The smallest absolute Gasteiger partial charge is 0.283 e. The van der Waals surface area contributed by atoms with Crippen molar-refractivity contribution in [2.24, 2.45) is 0 Å². The highest BCUT2D eigenvalue weighted by Gasteiger charge is 2.16. The third kappa shape index (κ3) is 3.84. The van der Waals surface area contributed by atoms with Gasteiger partial charge in [-0.3, -0.25) is 20.1 Å². The number of morpholine rings is 1. The minimum atomic E-state index is -0.562. The number of phenolic OH excluding ortho intramolecular Hbond substituents is 1. The number of methoxy groups -OCH3 is 1. The normalized spacial score (nSPS) is 15.7. The summed E-state index contributed by atoms with van der Waals surface area (Å²) in [4.78, 5) is 30.6. The monoisotopic (exact) mass is 429 g/mol. The number of benzene rings is 1. The van der Waals surface area contributed by atoms with Crippen LogP contribution < -0.4 is 25.7 Å². The van der Waals surface area contributed by atoms with Gasteiger partial charge in [0.25, 0.3) is 5.56 Å². The van der Waals surface area contributed by atoms with Gasteiger partial charge in [0.05, 0.1) is 25.5 Å². The van der Waals surface area contributed by atoms with Crippen molar-refractivity contribution < 1.29 is 19.4 Å². The molecule has 0 spiro atoms. The van der Waals surface area contributed by atoms with Crippen LogP contribution >= 0.6 is 11.3 Å². The Bertz CT molecular complexity index is 1300. The number of ether oxygens (including phenoxy) is 2. The summed E-state index contributed by atoms with van der Waals surface area (Å²) in [5.74, 6) is 0.0610. The van der Waals surface area contributed by atoms with E-state index in [1.807, 2.05) is 0 Å². The molecule has 0 saturated carbocycles. The first-order chi connectivity index (χ1) is 14.5. The molecule has 1 aromatic rings. The molecule has 1 aromatic carbocycles. The average molecular weight is 429 g/mol. The molecule has 4 rings (SSSR count). The third-order valence-electron chi connectivity index (χ3n) is 4.61. The van der Waals surface area contributed by atoms with Crippen LogP contribution in [0, 0.1) is 5.41 Å².